The van der Waals surface area contributed by atoms with Crippen molar-refractivity contribution in [1.29, 1.82) is 0 Å². The Balaban J connectivity index is 0.00000208. The van der Waals surface area contributed by atoms with Crippen molar-refractivity contribution in [1.82, 2.24) is 9.78 Å². The van der Waals surface area contributed by atoms with E-state index in [2.05, 4.69) is 5.10 Å². The van der Waals surface area contributed by atoms with Crippen molar-refractivity contribution in [3.05, 3.63) is 51.4 Å². The molecule has 3 rings (SSSR count). The van der Waals surface area contributed by atoms with Gasteiger partial charge < -0.3 is 14.3 Å². The number of benzene rings is 1. The zero-order valence-corrected chi connectivity index (χ0v) is 16.8. The number of hydrogen-bond donors (Lipinski definition) is 0. The molecule has 118 valence electrons. The molecule has 0 amide bonds. The standard InChI is InChI=1S/C16H13FN2O4.K/c1-7-14(8(2)19(3)18-7)11-5-9(17)4-10-12(20)6-13(16(21)22)23-15(10)11;/h4-6H,1-3H3,(H,21,22);/q;+1/p-1. The average Bonchev–Trinajstić information content (AvgIpc) is 2.72. The second kappa shape index (κ2) is 6.89. The van der Waals surface area contributed by atoms with E-state index in [0.717, 1.165) is 17.8 Å². The van der Waals surface area contributed by atoms with Gasteiger partial charge in [-0.2, -0.15) is 5.10 Å². The molecule has 0 aliphatic heterocycles. The minimum atomic E-state index is -1.61. The molecular weight excluding hydrogens is 342 g/mol. The fourth-order valence-electron chi connectivity index (χ4n) is 2.67. The number of rotatable bonds is 2. The largest absolute Gasteiger partial charge is 1.00 e. The number of carbonyl (C=O) groups is 1. The topological polar surface area (TPSA) is 88.2 Å². The molecule has 0 saturated heterocycles. The van der Waals surface area contributed by atoms with Crippen LogP contribution in [0.5, 0.6) is 0 Å². The Morgan fingerprint density at radius 3 is 2.50 bits per heavy atom. The van der Waals surface area contributed by atoms with Crippen molar-refractivity contribution in [2.45, 2.75) is 13.8 Å². The molecule has 0 N–H and O–H groups in total. The molecule has 0 spiro atoms. The van der Waals surface area contributed by atoms with Gasteiger partial charge in [-0.3, -0.25) is 9.48 Å². The van der Waals surface area contributed by atoms with Crippen LogP contribution in [-0.4, -0.2) is 15.7 Å². The Bertz CT molecular complexity index is 1020. The molecule has 0 atom stereocenters. The van der Waals surface area contributed by atoms with Gasteiger partial charge in [-0.1, -0.05) is 0 Å². The van der Waals surface area contributed by atoms with Crippen LogP contribution in [0.2, 0.25) is 0 Å². The minimum absolute atomic E-state index is 0. The number of aryl methyl sites for hydroxylation is 2. The fraction of sp³-hybridized carbons (Fsp3) is 0.188. The Morgan fingerprint density at radius 2 is 1.96 bits per heavy atom. The van der Waals surface area contributed by atoms with E-state index in [1.54, 1.807) is 25.6 Å². The van der Waals surface area contributed by atoms with Gasteiger partial charge in [0.1, 0.15) is 17.4 Å². The van der Waals surface area contributed by atoms with Crippen LogP contribution in [0.4, 0.5) is 4.39 Å². The molecular formula is C16H12FKN2O4. The summed E-state index contributed by atoms with van der Waals surface area (Å²) < 4.78 is 20.9. The number of halogens is 1. The molecule has 0 saturated carbocycles. The van der Waals surface area contributed by atoms with Crippen LogP contribution in [0.1, 0.15) is 21.9 Å². The molecule has 2 aromatic heterocycles. The van der Waals surface area contributed by atoms with E-state index in [9.17, 15) is 19.1 Å². The number of hydrogen-bond acceptors (Lipinski definition) is 5. The van der Waals surface area contributed by atoms with Gasteiger partial charge >= 0.3 is 51.4 Å². The van der Waals surface area contributed by atoms with Crippen LogP contribution in [0.3, 0.4) is 0 Å². The van der Waals surface area contributed by atoms with Crippen molar-refractivity contribution in [3.63, 3.8) is 0 Å². The third-order valence-corrected chi connectivity index (χ3v) is 3.77. The first-order valence-corrected chi connectivity index (χ1v) is 6.79. The first-order valence-electron chi connectivity index (χ1n) is 6.79. The first kappa shape index (κ1) is 19.0. The predicted molar refractivity (Wildman–Crippen MR) is 78.4 cm³/mol. The summed E-state index contributed by atoms with van der Waals surface area (Å²) in [7, 11) is 1.73. The van der Waals surface area contributed by atoms with Gasteiger partial charge in [0.05, 0.1) is 11.1 Å². The number of carboxylic acids is 1. The van der Waals surface area contributed by atoms with Gasteiger partial charge in [0, 0.05) is 29.9 Å². The van der Waals surface area contributed by atoms with Crippen molar-refractivity contribution in [2.24, 2.45) is 7.05 Å². The van der Waals surface area contributed by atoms with Crippen LogP contribution >= 0.6 is 0 Å². The number of aromatic nitrogens is 2. The second-order valence-electron chi connectivity index (χ2n) is 5.26. The van der Waals surface area contributed by atoms with E-state index in [-0.39, 0.29) is 67.9 Å². The van der Waals surface area contributed by atoms with E-state index in [4.69, 9.17) is 4.42 Å². The summed E-state index contributed by atoms with van der Waals surface area (Å²) in [4.78, 5) is 23.1. The summed E-state index contributed by atoms with van der Waals surface area (Å²) in [5, 5.41) is 15.2. The molecule has 0 unspecified atom stereocenters. The molecule has 0 aliphatic rings. The van der Waals surface area contributed by atoms with Gasteiger partial charge in [0.25, 0.3) is 0 Å². The number of carboxylic acid groups (broad SMARTS) is 1. The monoisotopic (exact) mass is 354 g/mol. The normalized spacial score (nSPS) is 10.7. The van der Waals surface area contributed by atoms with Gasteiger partial charge in [-0.05, 0) is 26.0 Å². The van der Waals surface area contributed by atoms with Crippen LogP contribution < -0.4 is 61.9 Å². The Labute approximate surface area is 178 Å². The maximum absolute atomic E-state index is 14.0. The van der Waals surface area contributed by atoms with E-state index >= 15 is 0 Å². The summed E-state index contributed by atoms with van der Waals surface area (Å²) in [6.07, 6.45) is 0. The van der Waals surface area contributed by atoms with Gasteiger partial charge in [0.15, 0.2) is 11.2 Å². The third kappa shape index (κ3) is 3.12. The number of nitrogens with zero attached hydrogens (tertiary/aromatic N) is 2. The summed E-state index contributed by atoms with van der Waals surface area (Å²) in [6, 6.07) is 3.00. The number of fused-ring (bicyclic) bond motifs is 1. The second-order valence-corrected chi connectivity index (χ2v) is 5.26. The molecule has 24 heavy (non-hydrogen) atoms. The SMILES string of the molecule is Cc1nn(C)c(C)c1-c1cc(F)cc2c(=O)cc(C(=O)[O-])oc12.[K+]. The van der Waals surface area contributed by atoms with Gasteiger partial charge in [0.2, 0.25) is 0 Å². The molecule has 6 nitrogen and oxygen atoms in total. The summed E-state index contributed by atoms with van der Waals surface area (Å²) >= 11 is 0. The van der Waals surface area contributed by atoms with Crippen LogP contribution in [0.15, 0.2) is 27.4 Å². The first-order chi connectivity index (χ1) is 10.8. The maximum Gasteiger partial charge on any atom is 1.00 e. The van der Waals surface area contributed by atoms with E-state index in [1.807, 2.05) is 0 Å². The average molecular weight is 354 g/mol. The van der Waals surface area contributed by atoms with Crippen LogP contribution in [0.25, 0.3) is 22.1 Å². The van der Waals surface area contributed by atoms with Crippen molar-refractivity contribution < 1.29 is 70.1 Å². The van der Waals surface area contributed by atoms with Crippen molar-refractivity contribution in [2.75, 3.05) is 0 Å². The zero-order chi connectivity index (χ0) is 16.9. The van der Waals surface area contributed by atoms with Crippen LogP contribution in [-0.2, 0) is 7.05 Å². The summed E-state index contributed by atoms with van der Waals surface area (Å²) in [6.45, 7) is 3.52. The Kier molecular flexibility index (Phi) is 5.46. The molecule has 0 bridgehead atoms. The molecule has 0 radical (unpaired) electrons. The predicted octanol–water partition coefficient (Wildman–Crippen LogP) is -1.68. The molecule has 2 heterocycles. The van der Waals surface area contributed by atoms with Crippen LogP contribution in [0, 0.1) is 19.7 Å². The smallest absolute Gasteiger partial charge is 0.542 e. The molecule has 0 fully saturated rings. The molecule has 3 aromatic rings. The molecule has 8 heteroatoms. The van der Waals surface area contributed by atoms with Crippen molar-refractivity contribution >= 4 is 16.9 Å². The van der Waals surface area contributed by atoms with Gasteiger partial charge in [-0.25, -0.2) is 4.39 Å². The van der Waals surface area contributed by atoms with E-state index < -0.39 is 23.0 Å². The summed E-state index contributed by atoms with van der Waals surface area (Å²) in [5.74, 6) is -2.84. The minimum Gasteiger partial charge on any atom is -0.542 e. The van der Waals surface area contributed by atoms with E-state index in [1.165, 1.54) is 6.07 Å². The summed E-state index contributed by atoms with van der Waals surface area (Å²) in [5.41, 5.74) is 1.57. The fourth-order valence-corrected chi connectivity index (χ4v) is 2.67. The number of aromatic carboxylic acids is 1. The Hall–Kier alpha value is -1.32. The molecule has 1 aromatic carbocycles. The van der Waals surface area contributed by atoms with Gasteiger partial charge in [-0.15, -0.1) is 0 Å². The number of carbonyl (C=O) groups excluding carboxylic acids is 1. The van der Waals surface area contributed by atoms with E-state index in [0.29, 0.717) is 11.3 Å². The maximum atomic E-state index is 14.0. The zero-order valence-electron chi connectivity index (χ0n) is 13.6. The Morgan fingerprint density at radius 1 is 1.29 bits per heavy atom. The van der Waals surface area contributed by atoms with Crippen molar-refractivity contribution in [3.8, 4) is 11.1 Å². The molecule has 0 aliphatic carbocycles. The quantitative estimate of drug-likeness (QED) is 0.513. The third-order valence-electron chi connectivity index (χ3n) is 3.77.